The van der Waals surface area contributed by atoms with E-state index in [2.05, 4.69) is 252 Å². The summed E-state index contributed by atoms with van der Waals surface area (Å²) >= 11 is 0. The molecule has 286 valence electrons. The molecule has 10 aromatic carbocycles. The van der Waals surface area contributed by atoms with E-state index in [-0.39, 0.29) is 0 Å². The molecule has 0 amide bonds. The average molecular weight is 777 g/mol. The lowest BCUT2D eigenvalue weighted by molar-refractivity contribution is 0.752. The second kappa shape index (κ2) is 14.1. The van der Waals surface area contributed by atoms with E-state index in [1.807, 2.05) is 0 Å². The van der Waals surface area contributed by atoms with Crippen LogP contribution in [0.4, 0.5) is 34.1 Å². The minimum absolute atomic E-state index is 0.536. The van der Waals surface area contributed by atoms with Crippen molar-refractivity contribution in [1.82, 2.24) is 0 Å². The molecule has 0 aromatic heterocycles. The van der Waals surface area contributed by atoms with Crippen LogP contribution in [0.2, 0.25) is 0 Å². The van der Waals surface area contributed by atoms with Crippen LogP contribution in [0.1, 0.15) is 22.3 Å². The molecule has 0 N–H and O–H groups in total. The Labute approximate surface area is 356 Å². The Morgan fingerprint density at radius 2 is 0.770 bits per heavy atom. The van der Waals surface area contributed by atoms with E-state index < -0.39 is 5.41 Å². The van der Waals surface area contributed by atoms with Crippen molar-refractivity contribution >= 4 is 44.9 Å². The van der Waals surface area contributed by atoms with Gasteiger partial charge >= 0.3 is 0 Å². The van der Waals surface area contributed by atoms with Crippen molar-refractivity contribution in [2.45, 2.75) is 5.41 Å². The summed E-state index contributed by atoms with van der Waals surface area (Å²) in [5, 5.41) is 2.52. The summed E-state index contributed by atoms with van der Waals surface area (Å²) in [5.74, 6) is 0. The number of hydrogen-bond donors (Lipinski definition) is 0. The Kier molecular flexibility index (Phi) is 8.11. The van der Waals surface area contributed by atoms with E-state index >= 15 is 0 Å². The van der Waals surface area contributed by atoms with Gasteiger partial charge in [0.25, 0.3) is 0 Å². The lowest BCUT2D eigenvalue weighted by atomic mass is 9.64. The van der Waals surface area contributed by atoms with E-state index in [4.69, 9.17) is 0 Å². The van der Waals surface area contributed by atoms with Gasteiger partial charge in [-0.1, -0.05) is 176 Å². The third kappa shape index (κ3) is 5.50. The van der Waals surface area contributed by atoms with Crippen LogP contribution in [0, 0.1) is 0 Å². The van der Waals surface area contributed by atoms with Gasteiger partial charge in [0.15, 0.2) is 0 Å². The van der Waals surface area contributed by atoms with Crippen LogP contribution in [0.25, 0.3) is 44.2 Å². The Bertz CT molecular complexity index is 3190. The SMILES string of the molecule is c1ccc(N(c2ccc(-c3ccc(-c4ccc5ccccc5c4)cc3)cc2)c2ccc3c(c2)C2(c4ccccc4-3)c3ccccc3N(c3ccccc3)c3ccccc32)cc1. The van der Waals surface area contributed by atoms with Crippen molar-refractivity contribution in [2.24, 2.45) is 0 Å². The van der Waals surface area contributed by atoms with E-state index in [1.54, 1.807) is 0 Å². The van der Waals surface area contributed by atoms with E-state index in [0.29, 0.717) is 0 Å². The van der Waals surface area contributed by atoms with Gasteiger partial charge in [-0.15, -0.1) is 0 Å². The molecular formula is C59H40N2. The molecular weight excluding hydrogens is 737 g/mol. The minimum Gasteiger partial charge on any atom is -0.310 e. The summed E-state index contributed by atoms with van der Waals surface area (Å²) in [7, 11) is 0. The molecule has 1 spiro atoms. The lowest BCUT2D eigenvalue weighted by Gasteiger charge is -2.45. The highest BCUT2D eigenvalue weighted by Gasteiger charge is 2.51. The van der Waals surface area contributed by atoms with Crippen molar-refractivity contribution in [3.05, 3.63) is 265 Å². The molecule has 61 heavy (non-hydrogen) atoms. The van der Waals surface area contributed by atoms with Crippen LogP contribution in [-0.4, -0.2) is 0 Å². The first-order valence-electron chi connectivity index (χ1n) is 21.1. The highest BCUT2D eigenvalue weighted by Crippen LogP contribution is 2.64. The van der Waals surface area contributed by atoms with Gasteiger partial charge in [-0.3, -0.25) is 0 Å². The lowest BCUT2D eigenvalue weighted by Crippen LogP contribution is -2.36. The zero-order valence-corrected chi connectivity index (χ0v) is 33.5. The zero-order chi connectivity index (χ0) is 40.3. The Morgan fingerprint density at radius 3 is 1.46 bits per heavy atom. The maximum atomic E-state index is 2.47. The molecule has 2 aliphatic rings. The third-order valence-corrected chi connectivity index (χ3v) is 12.8. The van der Waals surface area contributed by atoms with Gasteiger partial charge in [0, 0.05) is 22.7 Å². The molecule has 0 atom stereocenters. The fourth-order valence-corrected chi connectivity index (χ4v) is 10.1. The molecule has 0 fully saturated rings. The molecule has 0 bridgehead atoms. The molecule has 1 aliphatic carbocycles. The van der Waals surface area contributed by atoms with E-state index in [0.717, 1.165) is 22.7 Å². The summed E-state index contributed by atoms with van der Waals surface area (Å²) in [4.78, 5) is 4.84. The first-order valence-corrected chi connectivity index (χ1v) is 21.1. The molecule has 0 radical (unpaired) electrons. The van der Waals surface area contributed by atoms with Crippen molar-refractivity contribution in [2.75, 3.05) is 9.80 Å². The van der Waals surface area contributed by atoms with Gasteiger partial charge in [0.05, 0.1) is 16.8 Å². The summed E-state index contributed by atoms with van der Waals surface area (Å²) in [6, 6.07) is 89.0. The molecule has 0 unspecified atom stereocenters. The van der Waals surface area contributed by atoms with Crippen molar-refractivity contribution < 1.29 is 0 Å². The van der Waals surface area contributed by atoms with Gasteiger partial charge in [0.2, 0.25) is 0 Å². The number of hydrogen-bond acceptors (Lipinski definition) is 2. The molecule has 10 aromatic rings. The number of rotatable bonds is 6. The molecule has 0 saturated carbocycles. The Balaban J connectivity index is 0.986. The molecule has 2 heteroatoms. The number of para-hydroxylation sites is 4. The summed E-state index contributed by atoms with van der Waals surface area (Å²) in [6.45, 7) is 0. The molecule has 0 saturated heterocycles. The summed E-state index contributed by atoms with van der Waals surface area (Å²) in [6.07, 6.45) is 0. The average Bonchev–Trinajstić information content (AvgIpc) is 3.62. The van der Waals surface area contributed by atoms with Crippen LogP contribution in [0.5, 0.6) is 0 Å². The Hall–Kier alpha value is -7.94. The largest absolute Gasteiger partial charge is 0.310 e. The number of anilines is 6. The van der Waals surface area contributed by atoms with Crippen LogP contribution in [0.3, 0.4) is 0 Å². The second-order valence-corrected chi connectivity index (χ2v) is 16.1. The molecule has 1 heterocycles. The van der Waals surface area contributed by atoms with Crippen LogP contribution < -0.4 is 9.80 Å². The zero-order valence-electron chi connectivity index (χ0n) is 33.5. The molecule has 12 rings (SSSR count). The smallest absolute Gasteiger partial charge is 0.0755 e. The number of benzene rings is 10. The highest BCUT2D eigenvalue weighted by atomic mass is 15.2. The number of nitrogens with zero attached hydrogens (tertiary/aromatic N) is 2. The molecule has 2 nitrogen and oxygen atoms in total. The number of fused-ring (bicyclic) bond motifs is 10. The molecule has 1 aliphatic heterocycles. The van der Waals surface area contributed by atoms with Crippen LogP contribution in [0.15, 0.2) is 243 Å². The quantitative estimate of drug-likeness (QED) is 0.166. The predicted octanol–water partition coefficient (Wildman–Crippen LogP) is 15.8. The minimum atomic E-state index is -0.536. The maximum absolute atomic E-state index is 2.47. The fourth-order valence-electron chi connectivity index (χ4n) is 10.1. The summed E-state index contributed by atoms with van der Waals surface area (Å²) < 4.78 is 0. The van der Waals surface area contributed by atoms with Crippen molar-refractivity contribution in [3.63, 3.8) is 0 Å². The normalized spacial score (nSPS) is 13.0. The maximum Gasteiger partial charge on any atom is 0.0755 e. The van der Waals surface area contributed by atoms with Crippen molar-refractivity contribution in [3.8, 4) is 33.4 Å². The second-order valence-electron chi connectivity index (χ2n) is 16.1. The van der Waals surface area contributed by atoms with E-state index in [1.165, 1.54) is 77.8 Å². The van der Waals surface area contributed by atoms with Gasteiger partial charge in [-0.2, -0.15) is 0 Å². The first kappa shape index (κ1) is 35.0. The fraction of sp³-hybridized carbons (Fsp3) is 0.0169. The van der Waals surface area contributed by atoms with Gasteiger partial charge < -0.3 is 9.80 Å². The van der Waals surface area contributed by atoms with Gasteiger partial charge in [-0.25, -0.2) is 0 Å². The Morgan fingerprint density at radius 1 is 0.295 bits per heavy atom. The standard InChI is InChI=1S/C59H40N2/c1-3-17-47(18-4-1)60(49-35-33-43(34-36-49)42-27-29-44(30-28-42)46-32-31-41-15-7-8-16-45(41)39-46)50-37-38-52-51-21-9-10-22-53(51)59(56(52)40-50)54-23-11-13-25-57(54)61(48-19-5-2-6-20-48)58-26-14-12-24-55(58)59/h1-40H. The van der Waals surface area contributed by atoms with E-state index in [9.17, 15) is 0 Å². The first-order chi connectivity index (χ1) is 30.3. The topological polar surface area (TPSA) is 6.48 Å². The van der Waals surface area contributed by atoms with Gasteiger partial charge in [0.1, 0.15) is 0 Å². The monoisotopic (exact) mass is 776 g/mol. The third-order valence-electron chi connectivity index (χ3n) is 12.8. The summed E-state index contributed by atoms with van der Waals surface area (Å²) in [5.41, 5.74) is 18.9. The van der Waals surface area contributed by atoms with Crippen LogP contribution >= 0.6 is 0 Å². The highest BCUT2D eigenvalue weighted by molar-refractivity contribution is 5.97. The van der Waals surface area contributed by atoms with Gasteiger partial charge in [-0.05, 0) is 133 Å². The van der Waals surface area contributed by atoms with Crippen molar-refractivity contribution in [1.29, 1.82) is 0 Å². The van der Waals surface area contributed by atoms with Crippen LogP contribution in [-0.2, 0) is 5.41 Å². The predicted molar refractivity (Wildman–Crippen MR) is 255 cm³/mol.